The molecule has 0 heterocycles. The fourth-order valence-corrected chi connectivity index (χ4v) is 2.37. The van der Waals surface area contributed by atoms with Crippen LogP contribution in [-0.4, -0.2) is 6.54 Å². The lowest BCUT2D eigenvalue weighted by molar-refractivity contribution is 0.430. The molecule has 0 bridgehead atoms. The maximum Gasteiger partial charge on any atom is 0.0683 e. The highest BCUT2D eigenvalue weighted by molar-refractivity contribution is 9.10. The van der Waals surface area contributed by atoms with Crippen molar-refractivity contribution in [2.45, 2.75) is 40.0 Å². The van der Waals surface area contributed by atoms with E-state index in [1.807, 2.05) is 13.8 Å². The molecule has 1 aromatic carbocycles. The summed E-state index contributed by atoms with van der Waals surface area (Å²) in [6.45, 7) is 7.02. The Bertz CT molecular complexity index is 433. The van der Waals surface area contributed by atoms with Crippen LogP contribution >= 0.6 is 15.9 Å². The first-order valence-electron chi connectivity index (χ1n) is 6.36. The molecule has 0 saturated carbocycles. The topological polar surface area (TPSA) is 35.8 Å². The summed E-state index contributed by atoms with van der Waals surface area (Å²) in [7, 11) is 0. The minimum atomic E-state index is -0.190. The number of nitrogens with zero attached hydrogens (tertiary/aromatic N) is 1. The van der Waals surface area contributed by atoms with Gasteiger partial charge in [-0.2, -0.15) is 5.26 Å². The summed E-state index contributed by atoms with van der Waals surface area (Å²) >= 11 is 3.55. The van der Waals surface area contributed by atoms with E-state index in [-0.39, 0.29) is 5.41 Å². The standard InChI is InChI=1S/C15H21BrN2/c1-12-6-7-14(13(16)10-12)18-9-5-4-8-15(2,3)11-17/h6-7,10,18H,4-5,8-9H2,1-3H3. The van der Waals surface area contributed by atoms with Crippen LogP contribution in [-0.2, 0) is 0 Å². The van der Waals surface area contributed by atoms with Crippen LogP contribution in [0.1, 0.15) is 38.7 Å². The molecular weight excluding hydrogens is 288 g/mol. The van der Waals surface area contributed by atoms with Gasteiger partial charge >= 0.3 is 0 Å². The van der Waals surface area contributed by atoms with Gasteiger partial charge in [-0.3, -0.25) is 0 Å². The Labute approximate surface area is 119 Å². The summed E-state index contributed by atoms with van der Waals surface area (Å²) in [5, 5.41) is 12.3. The molecule has 0 aliphatic carbocycles. The zero-order valence-electron chi connectivity index (χ0n) is 11.4. The quantitative estimate of drug-likeness (QED) is 0.759. The Kier molecular flexibility index (Phi) is 5.68. The second-order valence-electron chi connectivity index (χ2n) is 5.36. The molecule has 0 aromatic heterocycles. The highest BCUT2D eigenvalue weighted by Crippen LogP contribution is 2.24. The first-order chi connectivity index (χ1) is 8.44. The summed E-state index contributed by atoms with van der Waals surface area (Å²) in [4.78, 5) is 0. The number of hydrogen-bond acceptors (Lipinski definition) is 2. The number of halogens is 1. The van der Waals surface area contributed by atoms with E-state index in [1.165, 1.54) is 5.56 Å². The predicted octanol–water partition coefficient (Wildman–Crippen LogP) is 4.89. The minimum absolute atomic E-state index is 0.190. The van der Waals surface area contributed by atoms with Crippen LogP contribution in [0, 0.1) is 23.7 Å². The number of aryl methyl sites for hydroxylation is 1. The Morgan fingerprint density at radius 1 is 1.33 bits per heavy atom. The lowest BCUT2D eigenvalue weighted by Gasteiger charge is -2.15. The number of anilines is 1. The van der Waals surface area contributed by atoms with Gasteiger partial charge < -0.3 is 5.32 Å². The molecule has 1 rings (SSSR count). The van der Waals surface area contributed by atoms with Crippen LogP contribution in [0.15, 0.2) is 22.7 Å². The summed E-state index contributed by atoms with van der Waals surface area (Å²) in [6.07, 6.45) is 3.13. The molecule has 1 aromatic rings. The number of unbranched alkanes of at least 4 members (excludes halogenated alkanes) is 1. The van der Waals surface area contributed by atoms with E-state index in [9.17, 15) is 0 Å². The van der Waals surface area contributed by atoms with Crippen LogP contribution in [0.4, 0.5) is 5.69 Å². The zero-order chi connectivity index (χ0) is 13.6. The van der Waals surface area contributed by atoms with E-state index in [0.717, 1.165) is 36.0 Å². The summed E-state index contributed by atoms with van der Waals surface area (Å²) in [6, 6.07) is 8.65. The number of benzene rings is 1. The van der Waals surface area contributed by atoms with Crippen LogP contribution in [0.2, 0.25) is 0 Å². The summed E-state index contributed by atoms with van der Waals surface area (Å²) in [5.41, 5.74) is 2.20. The van der Waals surface area contributed by atoms with Crippen LogP contribution in [0.3, 0.4) is 0 Å². The maximum atomic E-state index is 8.92. The smallest absolute Gasteiger partial charge is 0.0683 e. The molecule has 0 radical (unpaired) electrons. The van der Waals surface area contributed by atoms with Crippen molar-refractivity contribution < 1.29 is 0 Å². The maximum absolute atomic E-state index is 8.92. The fraction of sp³-hybridized carbons (Fsp3) is 0.533. The zero-order valence-corrected chi connectivity index (χ0v) is 13.0. The SMILES string of the molecule is Cc1ccc(NCCCCC(C)(C)C#N)c(Br)c1. The first kappa shape index (κ1) is 15.0. The predicted molar refractivity (Wildman–Crippen MR) is 80.6 cm³/mol. The van der Waals surface area contributed by atoms with Gasteiger partial charge in [0.15, 0.2) is 0 Å². The van der Waals surface area contributed by atoms with Crippen molar-refractivity contribution in [3.05, 3.63) is 28.2 Å². The van der Waals surface area contributed by atoms with Gasteiger partial charge in [-0.1, -0.05) is 12.5 Å². The molecule has 18 heavy (non-hydrogen) atoms. The second-order valence-corrected chi connectivity index (χ2v) is 6.22. The molecule has 0 atom stereocenters. The first-order valence-corrected chi connectivity index (χ1v) is 7.15. The van der Waals surface area contributed by atoms with E-state index in [4.69, 9.17) is 5.26 Å². The Morgan fingerprint density at radius 3 is 2.67 bits per heavy atom. The largest absolute Gasteiger partial charge is 0.384 e. The van der Waals surface area contributed by atoms with Gasteiger partial charge in [0, 0.05) is 16.7 Å². The summed E-state index contributed by atoms with van der Waals surface area (Å²) < 4.78 is 1.11. The molecular formula is C15H21BrN2. The molecule has 0 amide bonds. The van der Waals surface area contributed by atoms with E-state index in [0.29, 0.717) is 0 Å². The van der Waals surface area contributed by atoms with Gasteiger partial charge in [0.2, 0.25) is 0 Å². The molecule has 3 heteroatoms. The lowest BCUT2D eigenvalue weighted by atomic mass is 9.89. The van der Waals surface area contributed by atoms with Gasteiger partial charge in [-0.25, -0.2) is 0 Å². The van der Waals surface area contributed by atoms with E-state index in [2.05, 4.69) is 52.4 Å². The van der Waals surface area contributed by atoms with E-state index < -0.39 is 0 Å². The molecule has 0 fully saturated rings. The molecule has 0 unspecified atom stereocenters. The Hall–Kier alpha value is -1.01. The average Bonchev–Trinajstić information content (AvgIpc) is 2.31. The van der Waals surface area contributed by atoms with Gasteiger partial charge in [0.05, 0.1) is 11.5 Å². The molecule has 98 valence electrons. The Balaban J connectivity index is 2.29. The molecule has 1 N–H and O–H groups in total. The lowest BCUT2D eigenvalue weighted by Crippen LogP contribution is -2.09. The van der Waals surface area contributed by atoms with Crippen molar-refractivity contribution in [2.24, 2.45) is 5.41 Å². The average molecular weight is 309 g/mol. The number of nitriles is 1. The summed E-state index contributed by atoms with van der Waals surface area (Å²) in [5.74, 6) is 0. The monoisotopic (exact) mass is 308 g/mol. The Morgan fingerprint density at radius 2 is 2.06 bits per heavy atom. The highest BCUT2D eigenvalue weighted by atomic mass is 79.9. The van der Waals surface area contributed by atoms with Crippen LogP contribution in [0.25, 0.3) is 0 Å². The van der Waals surface area contributed by atoms with Crippen molar-refractivity contribution in [3.63, 3.8) is 0 Å². The van der Waals surface area contributed by atoms with Gasteiger partial charge in [0.25, 0.3) is 0 Å². The number of rotatable bonds is 6. The number of nitrogens with one attached hydrogen (secondary N) is 1. The molecule has 2 nitrogen and oxygen atoms in total. The van der Waals surface area contributed by atoms with Crippen molar-refractivity contribution in [1.82, 2.24) is 0 Å². The normalized spacial score (nSPS) is 11.1. The third-order valence-corrected chi connectivity index (χ3v) is 3.63. The van der Waals surface area contributed by atoms with Crippen molar-refractivity contribution in [2.75, 3.05) is 11.9 Å². The van der Waals surface area contributed by atoms with E-state index >= 15 is 0 Å². The second kappa shape index (κ2) is 6.80. The minimum Gasteiger partial charge on any atom is -0.384 e. The third-order valence-electron chi connectivity index (χ3n) is 2.97. The molecule has 0 saturated heterocycles. The van der Waals surface area contributed by atoms with Crippen molar-refractivity contribution >= 4 is 21.6 Å². The van der Waals surface area contributed by atoms with Gasteiger partial charge in [-0.05, 0) is 67.2 Å². The van der Waals surface area contributed by atoms with Crippen molar-refractivity contribution in [1.29, 1.82) is 5.26 Å². The van der Waals surface area contributed by atoms with Gasteiger partial charge in [0.1, 0.15) is 0 Å². The van der Waals surface area contributed by atoms with Crippen LogP contribution in [0.5, 0.6) is 0 Å². The van der Waals surface area contributed by atoms with Gasteiger partial charge in [-0.15, -0.1) is 0 Å². The van der Waals surface area contributed by atoms with Crippen molar-refractivity contribution in [3.8, 4) is 6.07 Å². The number of hydrogen-bond donors (Lipinski definition) is 1. The molecule has 0 spiro atoms. The molecule has 0 aliphatic heterocycles. The van der Waals surface area contributed by atoms with E-state index in [1.54, 1.807) is 0 Å². The van der Waals surface area contributed by atoms with Crippen LogP contribution < -0.4 is 5.32 Å². The molecule has 0 aliphatic rings. The third kappa shape index (κ3) is 5.10. The highest BCUT2D eigenvalue weighted by Gasteiger charge is 2.15. The fourth-order valence-electron chi connectivity index (χ4n) is 1.73.